The minimum atomic E-state index is -0.473. The van der Waals surface area contributed by atoms with Crippen LogP contribution in [0.5, 0.6) is 5.75 Å². The molecule has 20 heavy (non-hydrogen) atoms. The number of aryl methyl sites for hydroxylation is 1. The molecule has 0 aliphatic heterocycles. The van der Waals surface area contributed by atoms with E-state index in [1.165, 1.54) is 0 Å². The number of hydrogen-bond acceptors (Lipinski definition) is 4. The third kappa shape index (κ3) is 3.36. The summed E-state index contributed by atoms with van der Waals surface area (Å²) in [7, 11) is 0. The summed E-state index contributed by atoms with van der Waals surface area (Å²) >= 11 is 1.58. The molecule has 1 amide bonds. The van der Waals surface area contributed by atoms with E-state index in [4.69, 9.17) is 10.5 Å². The second-order valence-electron chi connectivity index (χ2n) is 4.52. The van der Waals surface area contributed by atoms with Gasteiger partial charge in [-0.25, -0.2) is 4.98 Å². The molecule has 1 aromatic heterocycles. The van der Waals surface area contributed by atoms with Crippen LogP contribution in [0.2, 0.25) is 0 Å². The molecule has 0 atom stereocenters. The van der Waals surface area contributed by atoms with E-state index in [0.717, 1.165) is 28.3 Å². The molecule has 0 saturated heterocycles. The van der Waals surface area contributed by atoms with Crippen LogP contribution < -0.4 is 10.5 Å². The van der Waals surface area contributed by atoms with E-state index in [2.05, 4.69) is 11.9 Å². The van der Waals surface area contributed by atoms with E-state index in [1.54, 1.807) is 29.7 Å². The van der Waals surface area contributed by atoms with Gasteiger partial charge in [0, 0.05) is 6.20 Å². The van der Waals surface area contributed by atoms with Crippen molar-refractivity contribution in [2.45, 2.75) is 26.7 Å². The Balaban J connectivity index is 2.30. The molecule has 2 aromatic rings. The second-order valence-corrected chi connectivity index (χ2v) is 5.76. The summed E-state index contributed by atoms with van der Waals surface area (Å²) in [5.41, 5.74) is 6.80. The topological polar surface area (TPSA) is 65.2 Å². The van der Waals surface area contributed by atoms with Crippen LogP contribution in [0.25, 0.3) is 10.4 Å². The van der Waals surface area contributed by atoms with Crippen molar-refractivity contribution in [3.8, 4) is 16.2 Å². The maximum absolute atomic E-state index is 11.6. The maximum atomic E-state index is 11.6. The highest BCUT2D eigenvalue weighted by Crippen LogP contribution is 2.30. The van der Waals surface area contributed by atoms with Gasteiger partial charge in [-0.1, -0.05) is 13.3 Å². The first-order chi connectivity index (χ1) is 9.61. The van der Waals surface area contributed by atoms with E-state index < -0.39 is 5.91 Å². The number of primary amides is 1. The number of rotatable bonds is 6. The molecular weight excluding hydrogens is 272 g/mol. The first-order valence-corrected chi connectivity index (χ1v) is 7.43. The Kier molecular flexibility index (Phi) is 4.74. The molecule has 0 fully saturated rings. The third-order valence-corrected chi connectivity index (χ3v) is 3.87. The number of nitrogens with two attached hydrogens (primary N) is 1. The standard InChI is InChI=1S/C15H18N2O2S/c1-3-4-7-19-13-6-5-11(8-12(13)15(16)18)14-9-17-10(2)20-14/h5-6,8-9H,3-4,7H2,1-2H3,(H2,16,18). The van der Waals surface area contributed by atoms with Crippen LogP contribution in [0.1, 0.15) is 35.1 Å². The number of benzene rings is 1. The van der Waals surface area contributed by atoms with E-state index in [9.17, 15) is 4.79 Å². The van der Waals surface area contributed by atoms with Crippen molar-refractivity contribution in [3.63, 3.8) is 0 Å². The van der Waals surface area contributed by atoms with Gasteiger partial charge in [-0.2, -0.15) is 0 Å². The van der Waals surface area contributed by atoms with Gasteiger partial charge in [0.2, 0.25) is 0 Å². The summed E-state index contributed by atoms with van der Waals surface area (Å²) in [4.78, 5) is 16.8. The Morgan fingerprint density at radius 1 is 1.45 bits per heavy atom. The van der Waals surface area contributed by atoms with E-state index in [-0.39, 0.29) is 0 Å². The van der Waals surface area contributed by atoms with Crippen molar-refractivity contribution in [1.29, 1.82) is 0 Å². The monoisotopic (exact) mass is 290 g/mol. The number of hydrogen-bond donors (Lipinski definition) is 1. The number of aromatic nitrogens is 1. The molecule has 0 unspecified atom stereocenters. The number of carbonyl (C=O) groups excluding carboxylic acids is 1. The summed E-state index contributed by atoms with van der Waals surface area (Å²) in [6, 6.07) is 5.51. The minimum Gasteiger partial charge on any atom is -0.493 e. The van der Waals surface area contributed by atoms with Crippen LogP contribution in [0, 0.1) is 6.92 Å². The van der Waals surface area contributed by atoms with Crippen LogP contribution in [-0.4, -0.2) is 17.5 Å². The van der Waals surface area contributed by atoms with Gasteiger partial charge >= 0.3 is 0 Å². The fourth-order valence-electron chi connectivity index (χ4n) is 1.82. The van der Waals surface area contributed by atoms with Crippen LogP contribution in [-0.2, 0) is 0 Å². The molecule has 4 nitrogen and oxygen atoms in total. The molecule has 0 aliphatic carbocycles. The fourth-order valence-corrected chi connectivity index (χ4v) is 2.60. The van der Waals surface area contributed by atoms with Gasteiger partial charge in [0.05, 0.1) is 22.1 Å². The Morgan fingerprint density at radius 2 is 2.25 bits per heavy atom. The Hall–Kier alpha value is -1.88. The van der Waals surface area contributed by atoms with Crippen molar-refractivity contribution in [2.75, 3.05) is 6.61 Å². The van der Waals surface area contributed by atoms with Crippen LogP contribution in [0.4, 0.5) is 0 Å². The molecule has 0 radical (unpaired) electrons. The zero-order chi connectivity index (χ0) is 14.5. The molecular formula is C15H18N2O2S. The quantitative estimate of drug-likeness (QED) is 0.829. The zero-order valence-corrected chi connectivity index (χ0v) is 12.5. The summed E-state index contributed by atoms with van der Waals surface area (Å²) in [5, 5.41) is 0.990. The third-order valence-electron chi connectivity index (χ3n) is 2.91. The van der Waals surface area contributed by atoms with Crippen molar-refractivity contribution in [2.24, 2.45) is 5.73 Å². The highest BCUT2D eigenvalue weighted by Gasteiger charge is 2.12. The lowest BCUT2D eigenvalue weighted by molar-refractivity contribution is 0.0996. The summed E-state index contributed by atoms with van der Waals surface area (Å²) in [5.74, 6) is 0.0792. The molecule has 2 rings (SSSR count). The summed E-state index contributed by atoms with van der Waals surface area (Å²) in [6.07, 6.45) is 3.80. The van der Waals surface area contributed by atoms with Gasteiger partial charge in [-0.15, -0.1) is 11.3 Å². The van der Waals surface area contributed by atoms with E-state index in [1.807, 2.05) is 13.0 Å². The largest absolute Gasteiger partial charge is 0.493 e. The smallest absolute Gasteiger partial charge is 0.252 e. The van der Waals surface area contributed by atoms with Gasteiger partial charge < -0.3 is 10.5 Å². The normalized spacial score (nSPS) is 10.5. The summed E-state index contributed by atoms with van der Waals surface area (Å²) in [6.45, 7) is 4.63. The summed E-state index contributed by atoms with van der Waals surface area (Å²) < 4.78 is 5.62. The predicted octanol–water partition coefficient (Wildman–Crippen LogP) is 3.40. The lowest BCUT2D eigenvalue weighted by Crippen LogP contribution is -2.13. The lowest BCUT2D eigenvalue weighted by atomic mass is 10.1. The first-order valence-electron chi connectivity index (χ1n) is 6.61. The fraction of sp³-hybridized carbons (Fsp3) is 0.333. The molecule has 106 valence electrons. The molecule has 1 aromatic carbocycles. The van der Waals surface area contributed by atoms with Gasteiger partial charge in [-0.05, 0) is 37.1 Å². The highest BCUT2D eigenvalue weighted by atomic mass is 32.1. The lowest BCUT2D eigenvalue weighted by Gasteiger charge is -2.10. The highest BCUT2D eigenvalue weighted by molar-refractivity contribution is 7.15. The minimum absolute atomic E-state index is 0.421. The molecule has 2 N–H and O–H groups in total. The van der Waals surface area contributed by atoms with Gasteiger partial charge in [0.25, 0.3) is 5.91 Å². The van der Waals surface area contributed by atoms with Gasteiger partial charge in [0.1, 0.15) is 5.75 Å². The predicted molar refractivity (Wildman–Crippen MR) is 81.2 cm³/mol. The van der Waals surface area contributed by atoms with E-state index in [0.29, 0.717) is 17.9 Å². The average molecular weight is 290 g/mol. The van der Waals surface area contributed by atoms with Crippen LogP contribution in [0.15, 0.2) is 24.4 Å². The Morgan fingerprint density at radius 3 is 2.85 bits per heavy atom. The van der Waals surface area contributed by atoms with E-state index >= 15 is 0 Å². The van der Waals surface area contributed by atoms with Crippen molar-refractivity contribution < 1.29 is 9.53 Å². The van der Waals surface area contributed by atoms with Crippen LogP contribution >= 0.6 is 11.3 Å². The van der Waals surface area contributed by atoms with Gasteiger partial charge in [-0.3, -0.25) is 4.79 Å². The number of nitrogens with zero attached hydrogens (tertiary/aromatic N) is 1. The number of amides is 1. The molecule has 0 aliphatic rings. The van der Waals surface area contributed by atoms with Crippen molar-refractivity contribution in [3.05, 3.63) is 35.0 Å². The number of carbonyl (C=O) groups is 1. The molecule has 0 bridgehead atoms. The maximum Gasteiger partial charge on any atom is 0.252 e. The number of ether oxygens (including phenoxy) is 1. The van der Waals surface area contributed by atoms with Crippen LogP contribution in [0.3, 0.4) is 0 Å². The van der Waals surface area contributed by atoms with Crippen molar-refractivity contribution in [1.82, 2.24) is 4.98 Å². The Bertz CT molecular complexity index is 608. The Labute approximate surface area is 122 Å². The first kappa shape index (κ1) is 14.5. The molecule has 0 saturated carbocycles. The SMILES string of the molecule is CCCCOc1ccc(-c2cnc(C)s2)cc1C(N)=O. The number of unbranched alkanes of at least 4 members (excludes halogenated alkanes) is 1. The molecule has 5 heteroatoms. The zero-order valence-electron chi connectivity index (χ0n) is 11.7. The molecule has 0 spiro atoms. The van der Waals surface area contributed by atoms with Crippen molar-refractivity contribution >= 4 is 17.2 Å². The second kappa shape index (κ2) is 6.52. The number of thiazole rings is 1. The average Bonchev–Trinajstić information content (AvgIpc) is 2.86. The molecule has 1 heterocycles. The van der Waals surface area contributed by atoms with Gasteiger partial charge in [0.15, 0.2) is 0 Å².